The Balaban J connectivity index is 1.38. The van der Waals surface area contributed by atoms with Gasteiger partial charge in [-0.25, -0.2) is 13.3 Å². The van der Waals surface area contributed by atoms with Crippen LogP contribution in [0.2, 0.25) is 0 Å². The Morgan fingerprint density at radius 3 is 2.62 bits per heavy atom. The Morgan fingerprint density at radius 2 is 1.87 bits per heavy atom. The first-order chi connectivity index (χ1) is 18.6. The van der Waals surface area contributed by atoms with Gasteiger partial charge in [0.25, 0.3) is 5.91 Å². The van der Waals surface area contributed by atoms with Crippen molar-refractivity contribution in [2.75, 3.05) is 5.73 Å². The molecule has 0 aliphatic carbocycles. The van der Waals surface area contributed by atoms with Crippen molar-refractivity contribution >= 4 is 17.5 Å². The lowest BCUT2D eigenvalue weighted by molar-refractivity contribution is -0.0729. The van der Waals surface area contributed by atoms with Crippen LogP contribution in [-0.2, 0) is 11.3 Å². The molecule has 1 fully saturated rings. The zero-order valence-electron chi connectivity index (χ0n) is 22.2. The van der Waals surface area contributed by atoms with Gasteiger partial charge < -0.3 is 20.5 Å². The van der Waals surface area contributed by atoms with Crippen molar-refractivity contribution in [3.05, 3.63) is 70.7 Å². The highest BCUT2D eigenvalue weighted by Crippen LogP contribution is 2.30. The smallest absolute Gasteiger partial charge is 0.253 e. The van der Waals surface area contributed by atoms with Gasteiger partial charge in [0, 0.05) is 48.5 Å². The third-order valence-electron chi connectivity index (χ3n) is 6.78. The van der Waals surface area contributed by atoms with Crippen LogP contribution in [-0.4, -0.2) is 43.8 Å². The van der Waals surface area contributed by atoms with Crippen LogP contribution in [0.25, 0.3) is 16.8 Å². The van der Waals surface area contributed by atoms with Gasteiger partial charge in [-0.15, -0.1) is 5.10 Å². The molecule has 3 N–H and O–H groups in total. The SMILES string of the molecule is Cc1nc(C)c(-c2ccn3nc(N)nc3c2)cc1C(=O)NCc1cc(F)cc(F)c1OC1CC(C)OC(C)C1. The summed E-state index contributed by atoms with van der Waals surface area (Å²) in [5.74, 6) is -1.91. The van der Waals surface area contributed by atoms with E-state index in [0.29, 0.717) is 29.7 Å². The second kappa shape index (κ2) is 10.6. The molecule has 11 heteroatoms. The van der Waals surface area contributed by atoms with E-state index < -0.39 is 17.5 Å². The average molecular weight is 537 g/mol. The maximum Gasteiger partial charge on any atom is 0.253 e. The number of benzene rings is 1. The summed E-state index contributed by atoms with van der Waals surface area (Å²) in [5, 5.41) is 6.86. The number of aryl methyl sites for hydroxylation is 2. The first-order valence-electron chi connectivity index (χ1n) is 12.8. The number of hydrogen-bond donors (Lipinski definition) is 2. The number of carbonyl (C=O) groups is 1. The first kappa shape index (κ1) is 26.5. The summed E-state index contributed by atoms with van der Waals surface area (Å²) in [6.45, 7) is 7.31. The van der Waals surface area contributed by atoms with Crippen LogP contribution in [0.15, 0.2) is 36.5 Å². The number of aromatic nitrogens is 4. The zero-order chi connectivity index (χ0) is 27.8. The molecule has 204 valence electrons. The highest BCUT2D eigenvalue weighted by atomic mass is 19.1. The van der Waals surface area contributed by atoms with Crippen LogP contribution in [0.4, 0.5) is 14.7 Å². The van der Waals surface area contributed by atoms with Crippen LogP contribution < -0.4 is 15.8 Å². The normalized spacial score (nSPS) is 19.3. The molecule has 9 nitrogen and oxygen atoms in total. The van der Waals surface area contributed by atoms with E-state index in [2.05, 4.69) is 20.4 Å². The van der Waals surface area contributed by atoms with E-state index in [9.17, 15) is 13.6 Å². The van der Waals surface area contributed by atoms with Crippen LogP contribution in [0, 0.1) is 25.5 Å². The number of rotatable bonds is 6. The number of carbonyl (C=O) groups excluding carboxylic acids is 1. The predicted octanol–water partition coefficient (Wildman–Crippen LogP) is 4.53. The number of anilines is 1. The number of amides is 1. The molecular weight excluding hydrogens is 506 g/mol. The van der Waals surface area contributed by atoms with Gasteiger partial charge in [0.05, 0.1) is 23.5 Å². The van der Waals surface area contributed by atoms with Crippen molar-refractivity contribution in [1.82, 2.24) is 24.9 Å². The van der Waals surface area contributed by atoms with Gasteiger partial charge in [0.15, 0.2) is 17.2 Å². The summed E-state index contributed by atoms with van der Waals surface area (Å²) in [5.41, 5.74) is 9.57. The molecule has 0 spiro atoms. The predicted molar refractivity (Wildman–Crippen MR) is 141 cm³/mol. The van der Waals surface area contributed by atoms with E-state index in [-0.39, 0.29) is 42.1 Å². The second-order valence-electron chi connectivity index (χ2n) is 9.97. The van der Waals surface area contributed by atoms with Gasteiger partial charge in [-0.3, -0.25) is 9.78 Å². The maximum absolute atomic E-state index is 14.8. The second-order valence-corrected chi connectivity index (χ2v) is 9.97. The zero-order valence-corrected chi connectivity index (χ0v) is 22.2. The fourth-order valence-corrected chi connectivity index (χ4v) is 5.07. The van der Waals surface area contributed by atoms with E-state index in [4.69, 9.17) is 15.2 Å². The molecule has 1 aliphatic heterocycles. The maximum atomic E-state index is 14.8. The van der Waals surface area contributed by atoms with Gasteiger partial charge in [-0.05, 0) is 57.5 Å². The summed E-state index contributed by atoms with van der Waals surface area (Å²) in [6, 6.07) is 7.34. The minimum atomic E-state index is -0.814. The molecule has 1 amide bonds. The molecule has 2 unspecified atom stereocenters. The molecule has 2 atom stereocenters. The molecule has 0 radical (unpaired) electrons. The quantitative estimate of drug-likeness (QED) is 0.372. The lowest BCUT2D eigenvalue weighted by Crippen LogP contribution is -2.36. The van der Waals surface area contributed by atoms with Crippen LogP contribution in [0.1, 0.15) is 54.0 Å². The first-order valence-corrected chi connectivity index (χ1v) is 12.8. The van der Waals surface area contributed by atoms with Crippen molar-refractivity contribution in [2.24, 2.45) is 0 Å². The van der Waals surface area contributed by atoms with Crippen molar-refractivity contribution in [3.8, 4) is 16.9 Å². The van der Waals surface area contributed by atoms with Crippen molar-refractivity contribution < 1.29 is 23.0 Å². The summed E-state index contributed by atoms with van der Waals surface area (Å²) in [4.78, 5) is 22.0. The molecule has 1 aromatic carbocycles. The van der Waals surface area contributed by atoms with E-state index >= 15 is 0 Å². The lowest BCUT2D eigenvalue weighted by atomic mass is 10.0. The van der Waals surface area contributed by atoms with E-state index in [1.165, 1.54) is 6.07 Å². The molecule has 3 aromatic heterocycles. The number of fused-ring (bicyclic) bond motifs is 1. The molecule has 5 rings (SSSR count). The third-order valence-corrected chi connectivity index (χ3v) is 6.78. The molecular formula is C28H30F2N6O3. The Kier molecular flexibility index (Phi) is 7.17. The van der Waals surface area contributed by atoms with Crippen molar-refractivity contribution in [2.45, 2.75) is 65.4 Å². The summed E-state index contributed by atoms with van der Waals surface area (Å²) in [7, 11) is 0. The molecule has 4 aromatic rings. The Bertz CT molecular complexity index is 1550. The van der Waals surface area contributed by atoms with Gasteiger partial charge in [0.1, 0.15) is 11.9 Å². The number of pyridine rings is 2. The Labute approximate surface area is 224 Å². The highest BCUT2D eigenvalue weighted by molar-refractivity contribution is 5.96. The highest BCUT2D eigenvalue weighted by Gasteiger charge is 2.28. The molecule has 0 saturated carbocycles. The lowest BCUT2D eigenvalue weighted by Gasteiger charge is -2.32. The summed E-state index contributed by atoms with van der Waals surface area (Å²) in [6.07, 6.45) is 2.52. The fourth-order valence-electron chi connectivity index (χ4n) is 5.07. The van der Waals surface area contributed by atoms with E-state index in [1.807, 2.05) is 32.9 Å². The monoisotopic (exact) mass is 536 g/mol. The summed E-state index contributed by atoms with van der Waals surface area (Å²) >= 11 is 0. The molecule has 39 heavy (non-hydrogen) atoms. The largest absolute Gasteiger partial charge is 0.487 e. The van der Waals surface area contributed by atoms with Gasteiger partial charge in [0.2, 0.25) is 5.95 Å². The molecule has 1 saturated heterocycles. The summed E-state index contributed by atoms with van der Waals surface area (Å²) < 4.78 is 42.3. The topological polar surface area (TPSA) is 117 Å². The van der Waals surface area contributed by atoms with Crippen LogP contribution >= 0.6 is 0 Å². The minimum absolute atomic E-state index is 0.0422. The van der Waals surface area contributed by atoms with Gasteiger partial charge in [-0.2, -0.15) is 4.98 Å². The number of hydrogen-bond acceptors (Lipinski definition) is 7. The number of nitrogens with two attached hydrogens (primary N) is 1. The number of nitrogens with zero attached hydrogens (tertiary/aromatic N) is 4. The third kappa shape index (κ3) is 5.68. The standard InChI is InChI=1S/C28H30F2N6O3/c1-14-7-21(8-15(2)38-14)39-26-19(9-20(29)11-24(26)30)13-32-27(37)23-12-22(16(3)33-17(23)4)18-5-6-36-25(10-18)34-28(31)35-36/h5-6,9-12,14-15,21H,7-8,13H2,1-4H3,(H2,31,35)(H,32,37). The van der Waals surface area contributed by atoms with Crippen molar-refractivity contribution in [3.63, 3.8) is 0 Å². The minimum Gasteiger partial charge on any atom is -0.487 e. The van der Waals surface area contributed by atoms with Gasteiger partial charge >= 0.3 is 0 Å². The average Bonchev–Trinajstić information content (AvgIpc) is 3.23. The molecule has 4 heterocycles. The molecule has 1 aliphatic rings. The van der Waals surface area contributed by atoms with Gasteiger partial charge in [-0.1, -0.05) is 0 Å². The number of ether oxygens (including phenoxy) is 2. The van der Waals surface area contributed by atoms with Crippen molar-refractivity contribution in [1.29, 1.82) is 0 Å². The fraction of sp³-hybridized carbons (Fsp3) is 0.357. The number of nitrogens with one attached hydrogen (secondary N) is 1. The number of halogens is 2. The van der Waals surface area contributed by atoms with E-state index in [0.717, 1.165) is 22.9 Å². The van der Waals surface area contributed by atoms with E-state index in [1.54, 1.807) is 23.7 Å². The number of nitrogen functional groups attached to an aromatic ring is 1. The van der Waals surface area contributed by atoms with Crippen LogP contribution in [0.3, 0.4) is 0 Å². The molecule has 0 bridgehead atoms. The Morgan fingerprint density at radius 1 is 1.13 bits per heavy atom. The van der Waals surface area contributed by atoms with Crippen LogP contribution in [0.5, 0.6) is 5.75 Å². The Hall–Kier alpha value is -4.12.